The van der Waals surface area contributed by atoms with Crippen LogP contribution in [0, 0.1) is 6.92 Å². The number of nitrogens with one attached hydrogen (secondary N) is 2. The summed E-state index contributed by atoms with van der Waals surface area (Å²) in [6, 6.07) is 12.7. The van der Waals surface area contributed by atoms with Crippen LogP contribution in [0.2, 0.25) is 5.02 Å². The van der Waals surface area contributed by atoms with Crippen molar-refractivity contribution >= 4 is 29.1 Å². The number of carbonyl (C=O) groups is 1. The Morgan fingerprint density at radius 3 is 2.50 bits per heavy atom. The quantitative estimate of drug-likeness (QED) is 0.594. The second kappa shape index (κ2) is 7.93. The minimum atomic E-state index is -4.48. The highest BCUT2D eigenvalue weighted by Crippen LogP contribution is 2.30. The van der Waals surface area contributed by atoms with Gasteiger partial charge >= 0.3 is 12.2 Å². The predicted octanol–water partition coefficient (Wildman–Crippen LogP) is 5.56. The maximum atomic E-state index is 12.8. The van der Waals surface area contributed by atoms with Crippen molar-refractivity contribution in [2.45, 2.75) is 19.6 Å². The Morgan fingerprint density at radius 1 is 1.11 bits per heavy atom. The number of aryl methyl sites for hydroxylation is 1. The fourth-order valence-electron chi connectivity index (χ4n) is 2.55. The first kappa shape index (κ1) is 19.8. The second-order valence-corrected chi connectivity index (χ2v) is 6.55. The van der Waals surface area contributed by atoms with Crippen molar-refractivity contribution in [3.8, 4) is 0 Å². The Morgan fingerprint density at radius 2 is 1.82 bits per heavy atom. The van der Waals surface area contributed by atoms with Gasteiger partial charge in [-0.05, 0) is 42.8 Å². The second-order valence-electron chi connectivity index (χ2n) is 6.11. The van der Waals surface area contributed by atoms with E-state index in [1.165, 1.54) is 12.1 Å². The van der Waals surface area contributed by atoms with Gasteiger partial charge in [0, 0.05) is 22.5 Å². The van der Waals surface area contributed by atoms with E-state index in [2.05, 4.69) is 15.7 Å². The van der Waals surface area contributed by atoms with E-state index in [0.29, 0.717) is 11.6 Å². The number of alkyl halides is 3. The molecule has 0 aliphatic heterocycles. The number of rotatable bonds is 4. The van der Waals surface area contributed by atoms with Gasteiger partial charge < -0.3 is 5.32 Å². The summed E-state index contributed by atoms with van der Waals surface area (Å²) in [5, 5.41) is 9.83. The van der Waals surface area contributed by atoms with Gasteiger partial charge in [-0.3, -0.25) is 10.00 Å². The van der Waals surface area contributed by atoms with Crippen LogP contribution in [0.25, 0.3) is 0 Å². The normalized spacial score (nSPS) is 11.3. The van der Waals surface area contributed by atoms with Crippen molar-refractivity contribution in [3.63, 3.8) is 0 Å². The third-order valence-electron chi connectivity index (χ3n) is 3.92. The van der Waals surface area contributed by atoms with Crippen LogP contribution in [-0.2, 0) is 12.7 Å². The summed E-state index contributed by atoms with van der Waals surface area (Å²) < 4.78 is 40.0. The van der Waals surface area contributed by atoms with Crippen LogP contribution >= 0.6 is 11.6 Å². The van der Waals surface area contributed by atoms with Crippen molar-refractivity contribution in [1.29, 1.82) is 0 Å². The first-order valence-corrected chi connectivity index (χ1v) is 8.63. The lowest BCUT2D eigenvalue weighted by Gasteiger charge is -2.10. The van der Waals surface area contributed by atoms with Gasteiger partial charge in [0.1, 0.15) is 0 Å². The molecule has 1 heterocycles. The van der Waals surface area contributed by atoms with E-state index in [-0.39, 0.29) is 11.5 Å². The summed E-state index contributed by atoms with van der Waals surface area (Å²) in [6.45, 7) is 2.32. The Bertz CT molecular complexity index is 984. The topological polar surface area (TPSA) is 59.0 Å². The molecule has 2 N–H and O–H groups in total. The fraction of sp³-hybridized carbons (Fsp3) is 0.158. The molecule has 5 nitrogen and oxygen atoms in total. The van der Waals surface area contributed by atoms with Crippen LogP contribution in [0.1, 0.15) is 16.8 Å². The van der Waals surface area contributed by atoms with Gasteiger partial charge in [-0.25, -0.2) is 4.79 Å². The number of benzene rings is 2. The van der Waals surface area contributed by atoms with E-state index in [9.17, 15) is 18.0 Å². The number of carbonyl (C=O) groups excluding carboxylic acids is 1. The largest absolute Gasteiger partial charge is 0.416 e. The van der Waals surface area contributed by atoms with Gasteiger partial charge in [0.2, 0.25) is 0 Å². The van der Waals surface area contributed by atoms with Crippen LogP contribution in [0.3, 0.4) is 0 Å². The molecule has 28 heavy (non-hydrogen) atoms. The molecule has 0 spiro atoms. The summed E-state index contributed by atoms with van der Waals surface area (Å²) in [7, 11) is 0. The van der Waals surface area contributed by atoms with Crippen LogP contribution < -0.4 is 10.6 Å². The van der Waals surface area contributed by atoms with E-state index >= 15 is 0 Å². The van der Waals surface area contributed by atoms with Crippen molar-refractivity contribution < 1.29 is 18.0 Å². The maximum absolute atomic E-state index is 12.8. The SMILES string of the molecule is Cc1cc(NC(=O)Nc2cccc(C(F)(F)F)c2)nn1Cc1ccc(Cl)cc1. The van der Waals surface area contributed by atoms with Crippen LogP contribution in [0.4, 0.5) is 29.5 Å². The number of amides is 2. The molecule has 3 aromatic rings. The van der Waals surface area contributed by atoms with E-state index in [0.717, 1.165) is 23.4 Å². The molecular weight excluding hydrogens is 393 g/mol. The summed E-state index contributed by atoms with van der Waals surface area (Å²) in [6.07, 6.45) is -4.48. The van der Waals surface area contributed by atoms with E-state index in [1.54, 1.807) is 22.9 Å². The predicted molar refractivity (Wildman–Crippen MR) is 102 cm³/mol. The molecule has 2 aromatic carbocycles. The van der Waals surface area contributed by atoms with E-state index in [4.69, 9.17) is 11.6 Å². The smallest absolute Gasteiger partial charge is 0.308 e. The van der Waals surface area contributed by atoms with Gasteiger partial charge in [-0.15, -0.1) is 0 Å². The monoisotopic (exact) mass is 408 g/mol. The first-order chi connectivity index (χ1) is 13.2. The molecule has 0 fully saturated rings. The average molecular weight is 409 g/mol. The summed E-state index contributed by atoms with van der Waals surface area (Å²) in [5.74, 6) is 0.288. The molecule has 0 bridgehead atoms. The van der Waals surface area contributed by atoms with Gasteiger partial charge in [-0.2, -0.15) is 18.3 Å². The molecule has 146 valence electrons. The van der Waals surface area contributed by atoms with E-state index < -0.39 is 17.8 Å². The van der Waals surface area contributed by atoms with Crippen molar-refractivity contribution in [2.24, 2.45) is 0 Å². The minimum Gasteiger partial charge on any atom is -0.308 e. The number of halogens is 4. The third-order valence-corrected chi connectivity index (χ3v) is 4.17. The standard InChI is InChI=1S/C19H16ClF3N4O/c1-12-9-17(26-27(12)11-13-5-7-15(20)8-6-13)25-18(28)24-16-4-2-3-14(10-16)19(21,22)23/h2-10H,11H2,1H3,(H2,24,25,26,28). The molecule has 0 aliphatic carbocycles. The number of anilines is 2. The molecule has 1 aromatic heterocycles. The lowest BCUT2D eigenvalue weighted by molar-refractivity contribution is -0.137. The van der Waals surface area contributed by atoms with E-state index in [1.807, 2.05) is 19.1 Å². The summed E-state index contributed by atoms with van der Waals surface area (Å²) in [5.41, 5.74) is 0.984. The molecule has 0 saturated heterocycles. The molecular formula is C19H16ClF3N4O. The highest BCUT2D eigenvalue weighted by Gasteiger charge is 2.30. The fourth-order valence-corrected chi connectivity index (χ4v) is 2.67. The molecule has 9 heteroatoms. The number of hydrogen-bond acceptors (Lipinski definition) is 2. The highest BCUT2D eigenvalue weighted by molar-refractivity contribution is 6.30. The summed E-state index contributed by atoms with van der Waals surface area (Å²) >= 11 is 5.87. The Kier molecular flexibility index (Phi) is 5.60. The highest BCUT2D eigenvalue weighted by atomic mass is 35.5. The minimum absolute atomic E-state index is 0.0321. The van der Waals surface area contributed by atoms with Gasteiger partial charge in [0.05, 0.1) is 12.1 Å². The van der Waals surface area contributed by atoms with Crippen LogP contribution in [0.5, 0.6) is 0 Å². The zero-order valence-corrected chi connectivity index (χ0v) is 15.5. The van der Waals surface area contributed by atoms with Crippen molar-refractivity contribution in [2.75, 3.05) is 10.6 Å². The number of nitrogens with zero attached hydrogens (tertiary/aromatic N) is 2. The lowest BCUT2D eigenvalue weighted by atomic mass is 10.2. The summed E-state index contributed by atoms with van der Waals surface area (Å²) in [4.78, 5) is 12.1. The molecule has 0 unspecified atom stereocenters. The van der Waals surface area contributed by atoms with Crippen molar-refractivity contribution in [3.05, 3.63) is 76.4 Å². The molecule has 0 saturated carbocycles. The van der Waals surface area contributed by atoms with Crippen LogP contribution in [0.15, 0.2) is 54.6 Å². The molecule has 2 amide bonds. The Balaban J connectivity index is 1.65. The van der Waals surface area contributed by atoms with Gasteiger partial charge in [0.15, 0.2) is 5.82 Å². The van der Waals surface area contributed by atoms with Crippen molar-refractivity contribution in [1.82, 2.24) is 9.78 Å². The number of aromatic nitrogens is 2. The molecule has 0 aliphatic rings. The zero-order chi connectivity index (χ0) is 20.3. The maximum Gasteiger partial charge on any atom is 0.416 e. The Labute approximate surface area is 164 Å². The molecule has 3 rings (SSSR count). The van der Waals surface area contributed by atoms with Crippen LogP contribution in [-0.4, -0.2) is 15.8 Å². The van der Waals surface area contributed by atoms with Gasteiger partial charge in [-0.1, -0.05) is 29.8 Å². The van der Waals surface area contributed by atoms with Gasteiger partial charge in [0.25, 0.3) is 0 Å². The third kappa shape index (κ3) is 5.04. The Hall–Kier alpha value is -3.00. The average Bonchev–Trinajstić information content (AvgIpc) is 2.95. The number of hydrogen-bond donors (Lipinski definition) is 2. The molecule has 0 atom stereocenters. The number of urea groups is 1. The zero-order valence-electron chi connectivity index (χ0n) is 14.7. The molecule has 0 radical (unpaired) electrons. The lowest BCUT2D eigenvalue weighted by Crippen LogP contribution is -2.20. The first-order valence-electron chi connectivity index (χ1n) is 8.25.